The van der Waals surface area contributed by atoms with Crippen LogP contribution in [0.5, 0.6) is 0 Å². The molecule has 0 aliphatic carbocycles. The normalized spacial score (nSPS) is 10.1. The third kappa shape index (κ3) is 9.62. The van der Waals surface area contributed by atoms with Crippen LogP contribution in [0.15, 0.2) is 36.4 Å². The van der Waals surface area contributed by atoms with E-state index in [-0.39, 0.29) is 17.8 Å². The number of urea groups is 1. The highest BCUT2D eigenvalue weighted by Gasteiger charge is 2.27. The van der Waals surface area contributed by atoms with Gasteiger partial charge in [-0.3, -0.25) is 19.8 Å². The van der Waals surface area contributed by atoms with E-state index >= 15 is 0 Å². The van der Waals surface area contributed by atoms with E-state index in [4.69, 9.17) is 4.74 Å². The fourth-order valence-electron chi connectivity index (χ4n) is 2.71. The number of imide groups is 1. The van der Waals surface area contributed by atoms with Crippen LogP contribution in [0.2, 0.25) is 0 Å². The monoisotopic (exact) mass is 480 g/mol. The Morgan fingerprint density at radius 1 is 1.12 bits per heavy atom. The Bertz CT molecular complexity index is 924. The van der Waals surface area contributed by atoms with E-state index in [2.05, 4.69) is 16.9 Å². The molecule has 0 bridgehead atoms. The molecule has 0 saturated heterocycles. The topological polar surface area (TPSA) is 92.8 Å². The highest BCUT2D eigenvalue weighted by molar-refractivity contribution is 7.16. The van der Waals surface area contributed by atoms with Crippen LogP contribution in [-0.2, 0) is 20.7 Å². The number of benzene rings is 1. The van der Waals surface area contributed by atoms with Gasteiger partial charge in [-0.2, -0.15) is 0 Å². The highest BCUT2D eigenvalue weighted by Crippen LogP contribution is 2.34. The molecule has 1 heterocycles. The predicted molar refractivity (Wildman–Crippen MR) is 127 cm³/mol. The molecule has 0 radical (unpaired) electrons. The first-order chi connectivity index (χ1) is 15.0. The first-order valence-corrected chi connectivity index (χ1v) is 11.3. The number of ether oxygens (including phenoxy) is 1. The molecular formula is C23H29ClN2O5S. The summed E-state index contributed by atoms with van der Waals surface area (Å²) in [5.74, 6) is -0.776. The van der Waals surface area contributed by atoms with Crippen molar-refractivity contribution in [2.45, 2.75) is 41.0 Å². The van der Waals surface area contributed by atoms with Crippen LogP contribution in [-0.4, -0.2) is 36.3 Å². The van der Waals surface area contributed by atoms with Gasteiger partial charge in [0, 0.05) is 31.7 Å². The van der Waals surface area contributed by atoms with E-state index in [0.717, 1.165) is 10.4 Å². The van der Waals surface area contributed by atoms with Crippen molar-refractivity contribution in [3.8, 4) is 0 Å². The van der Waals surface area contributed by atoms with E-state index in [1.165, 1.54) is 30.1 Å². The fourth-order valence-corrected chi connectivity index (χ4v) is 3.90. The Labute approximate surface area is 197 Å². The number of carbonyl (C=O) groups is 4. The van der Waals surface area contributed by atoms with Crippen LogP contribution in [0, 0.1) is 5.92 Å². The van der Waals surface area contributed by atoms with Gasteiger partial charge in [0.1, 0.15) is 5.00 Å². The lowest BCUT2D eigenvalue weighted by molar-refractivity contribution is -0.117. The summed E-state index contributed by atoms with van der Waals surface area (Å²) < 4.78 is 5.19. The Kier molecular flexibility index (Phi) is 11.7. The third-order valence-electron chi connectivity index (χ3n) is 3.80. The molecule has 0 aliphatic rings. The van der Waals surface area contributed by atoms with Crippen molar-refractivity contribution >= 4 is 51.1 Å². The minimum atomic E-state index is -0.542. The molecular weight excluding hydrogens is 452 g/mol. The van der Waals surface area contributed by atoms with Gasteiger partial charge in [0.05, 0.1) is 12.2 Å². The van der Waals surface area contributed by atoms with E-state index in [9.17, 15) is 19.2 Å². The molecule has 1 N–H and O–H groups in total. The number of thiophene rings is 1. The maximum Gasteiger partial charge on any atom is 0.341 e. The number of anilines is 1. The lowest BCUT2D eigenvalue weighted by atomic mass is 10.1. The van der Waals surface area contributed by atoms with E-state index in [1.54, 1.807) is 13.0 Å². The number of hydrogen-bond donors (Lipinski definition) is 1. The lowest BCUT2D eigenvalue weighted by Crippen LogP contribution is -2.44. The smallest absolute Gasteiger partial charge is 0.341 e. The molecule has 0 atom stereocenters. The van der Waals surface area contributed by atoms with Crippen LogP contribution in [0.4, 0.5) is 9.80 Å². The minimum absolute atomic E-state index is 0.146. The van der Waals surface area contributed by atoms with Crippen LogP contribution >= 0.6 is 22.9 Å². The van der Waals surface area contributed by atoms with Crippen LogP contribution in [0.25, 0.3) is 0 Å². The molecule has 9 heteroatoms. The maximum absolute atomic E-state index is 12.6. The standard InChI is InChI=1S/C21H26N2O4S.C2H3ClO/c1-5-27-20(25)18-12-17(11-16-9-7-6-8-10-16)28-19(18)23(13-14(2)3)21(26)22-15(4)24;1-2(3)4/h6-10,12,14H,5,11,13H2,1-4H3,(H,22,24,26);1H3. The molecule has 7 nitrogen and oxygen atoms in total. The second-order valence-electron chi connectivity index (χ2n) is 7.28. The van der Waals surface area contributed by atoms with Crippen molar-refractivity contribution in [3.05, 3.63) is 52.4 Å². The summed E-state index contributed by atoms with van der Waals surface area (Å²) in [6.07, 6.45) is 0.641. The van der Waals surface area contributed by atoms with Crippen molar-refractivity contribution in [1.29, 1.82) is 0 Å². The number of nitrogens with zero attached hydrogens (tertiary/aromatic N) is 1. The summed E-state index contributed by atoms with van der Waals surface area (Å²) in [6, 6.07) is 11.1. The minimum Gasteiger partial charge on any atom is -0.462 e. The molecule has 3 amide bonds. The molecule has 1 aromatic heterocycles. The summed E-state index contributed by atoms with van der Waals surface area (Å²) in [7, 11) is 0. The van der Waals surface area contributed by atoms with Gasteiger partial charge in [-0.25, -0.2) is 9.59 Å². The zero-order valence-corrected chi connectivity index (χ0v) is 20.5. The zero-order chi connectivity index (χ0) is 24.3. The molecule has 0 unspecified atom stereocenters. The van der Waals surface area contributed by atoms with Gasteiger partial charge in [0.25, 0.3) is 0 Å². The predicted octanol–water partition coefficient (Wildman–Crippen LogP) is 5.01. The Morgan fingerprint density at radius 2 is 1.72 bits per heavy atom. The number of carbonyl (C=O) groups excluding carboxylic acids is 4. The van der Waals surface area contributed by atoms with Gasteiger partial charge in [-0.15, -0.1) is 11.3 Å². The maximum atomic E-state index is 12.6. The summed E-state index contributed by atoms with van der Waals surface area (Å²) in [4.78, 5) is 48.2. The zero-order valence-electron chi connectivity index (χ0n) is 18.9. The lowest BCUT2D eigenvalue weighted by Gasteiger charge is -2.24. The van der Waals surface area contributed by atoms with Crippen molar-refractivity contribution in [2.24, 2.45) is 5.92 Å². The van der Waals surface area contributed by atoms with Crippen LogP contribution in [0.1, 0.15) is 55.4 Å². The largest absolute Gasteiger partial charge is 0.462 e. The number of halogens is 1. The number of rotatable bonds is 7. The van der Waals surface area contributed by atoms with Gasteiger partial charge in [-0.1, -0.05) is 44.2 Å². The quantitative estimate of drug-likeness (QED) is 0.444. The summed E-state index contributed by atoms with van der Waals surface area (Å²) in [5, 5.41) is 2.44. The highest BCUT2D eigenvalue weighted by atomic mass is 35.5. The number of nitrogens with one attached hydrogen (secondary N) is 1. The SMILES string of the molecule is CC(=O)Cl.CCOC(=O)c1cc(Cc2ccccc2)sc1N(CC(C)C)C(=O)NC(C)=O. The van der Waals surface area contributed by atoms with E-state index in [0.29, 0.717) is 23.5 Å². The Balaban J connectivity index is 0.00000118. The van der Waals surface area contributed by atoms with Crippen molar-refractivity contribution < 1.29 is 23.9 Å². The van der Waals surface area contributed by atoms with Crippen LogP contribution in [0.3, 0.4) is 0 Å². The van der Waals surface area contributed by atoms with Gasteiger partial charge < -0.3 is 4.74 Å². The summed E-state index contributed by atoms with van der Waals surface area (Å²) in [5.41, 5.74) is 1.45. The van der Waals surface area contributed by atoms with E-state index < -0.39 is 17.9 Å². The Hall–Kier alpha value is -2.71. The van der Waals surface area contributed by atoms with E-state index in [1.807, 2.05) is 44.2 Å². The second-order valence-corrected chi connectivity index (χ2v) is 8.92. The Morgan fingerprint density at radius 3 is 2.22 bits per heavy atom. The number of esters is 1. The van der Waals surface area contributed by atoms with Crippen molar-refractivity contribution in [3.63, 3.8) is 0 Å². The molecule has 1 aromatic carbocycles. The van der Waals surface area contributed by atoms with Gasteiger partial charge in [-0.05, 0) is 36.1 Å². The van der Waals surface area contributed by atoms with Crippen molar-refractivity contribution in [1.82, 2.24) is 5.32 Å². The van der Waals surface area contributed by atoms with Crippen molar-refractivity contribution in [2.75, 3.05) is 18.1 Å². The summed E-state index contributed by atoms with van der Waals surface area (Å²) >= 11 is 6.00. The molecule has 0 fully saturated rings. The molecule has 0 aliphatic heterocycles. The molecule has 2 aromatic rings. The second kappa shape index (κ2) is 13.6. The van der Waals surface area contributed by atoms with Crippen LogP contribution < -0.4 is 10.2 Å². The first kappa shape index (κ1) is 27.3. The van der Waals surface area contributed by atoms with Gasteiger partial charge >= 0.3 is 12.0 Å². The number of amides is 3. The van der Waals surface area contributed by atoms with Gasteiger partial charge in [0.15, 0.2) is 0 Å². The molecule has 0 saturated carbocycles. The average molecular weight is 481 g/mol. The molecule has 0 spiro atoms. The van der Waals surface area contributed by atoms with Gasteiger partial charge in [0.2, 0.25) is 11.1 Å². The fraction of sp³-hybridized carbons (Fsp3) is 0.391. The first-order valence-electron chi connectivity index (χ1n) is 10.1. The number of hydrogen-bond acceptors (Lipinski definition) is 6. The average Bonchev–Trinajstić information content (AvgIpc) is 3.09. The third-order valence-corrected chi connectivity index (χ3v) is 4.96. The molecule has 32 heavy (non-hydrogen) atoms. The molecule has 2 rings (SSSR count). The summed E-state index contributed by atoms with van der Waals surface area (Å²) in [6.45, 7) is 8.87. The molecule has 174 valence electrons.